The number of rotatable bonds is 6. The summed E-state index contributed by atoms with van der Waals surface area (Å²) in [6, 6.07) is 0. The normalized spacial score (nSPS) is 12.6. The van der Waals surface area contributed by atoms with E-state index in [2.05, 4.69) is 0 Å². The molecule has 0 saturated heterocycles. The SMILES string of the molecule is CC=C(OCC)OC(=CC)OCC. The summed E-state index contributed by atoms with van der Waals surface area (Å²) in [5.74, 6) is 0.952. The molecule has 0 radical (unpaired) electrons. The number of allylic oxidation sites excluding steroid dienone is 2. The first-order valence-electron chi connectivity index (χ1n) is 4.54. The maximum Gasteiger partial charge on any atom is 0.282 e. The minimum absolute atomic E-state index is 0.476. The van der Waals surface area contributed by atoms with Gasteiger partial charge in [-0.2, -0.15) is 0 Å². The van der Waals surface area contributed by atoms with Crippen LogP contribution in [0.1, 0.15) is 27.7 Å². The fourth-order valence-electron chi connectivity index (χ4n) is 0.727. The Bertz CT molecular complexity index is 163. The molecule has 0 saturated carbocycles. The first kappa shape index (κ1) is 11.9. The van der Waals surface area contributed by atoms with Crippen LogP contribution in [0.2, 0.25) is 0 Å². The molecule has 0 fully saturated rings. The number of hydrogen-bond donors (Lipinski definition) is 0. The zero-order chi connectivity index (χ0) is 10.1. The highest BCUT2D eigenvalue weighted by molar-refractivity contribution is 4.89. The monoisotopic (exact) mass is 186 g/mol. The third-order valence-electron chi connectivity index (χ3n) is 1.25. The standard InChI is InChI=1S/C10H18O3/c1-5-9(11-7-3)13-10(6-2)12-8-4/h5-6H,7-8H2,1-4H3. The lowest BCUT2D eigenvalue weighted by Gasteiger charge is -2.12. The molecule has 0 aromatic carbocycles. The summed E-state index contributed by atoms with van der Waals surface area (Å²) < 4.78 is 15.7. The molecule has 0 aliphatic rings. The van der Waals surface area contributed by atoms with E-state index in [1.54, 1.807) is 12.2 Å². The Balaban J connectivity index is 4.05. The highest BCUT2D eigenvalue weighted by Crippen LogP contribution is 2.08. The van der Waals surface area contributed by atoms with E-state index < -0.39 is 0 Å². The topological polar surface area (TPSA) is 27.7 Å². The van der Waals surface area contributed by atoms with Gasteiger partial charge in [0.05, 0.1) is 13.2 Å². The third-order valence-corrected chi connectivity index (χ3v) is 1.25. The molecular formula is C10H18O3. The van der Waals surface area contributed by atoms with Crippen molar-refractivity contribution in [3.63, 3.8) is 0 Å². The summed E-state index contributed by atoms with van der Waals surface area (Å²) in [7, 11) is 0. The van der Waals surface area contributed by atoms with Gasteiger partial charge < -0.3 is 14.2 Å². The lowest BCUT2D eigenvalue weighted by molar-refractivity contribution is 0.000166. The second kappa shape index (κ2) is 7.53. The largest absolute Gasteiger partial charge is 0.466 e. The van der Waals surface area contributed by atoms with Crippen molar-refractivity contribution >= 4 is 0 Å². The second-order valence-electron chi connectivity index (χ2n) is 2.18. The van der Waals surface area contributed by atoms with Crippen LogP contribution in [0, 0.1) is 0 Å². The van der Waals surface area contributed by atoms with Crippen molar-refractivity contribution in [2.75, 3.05) is 13.2 Å². The molecule has 0 amide bonds. The molecule has 76 valence electrons. The molecule has 0 atom stereocenters. The fraction of sp³-hybridized carbons (Fsp3) is 0.600. The zero-order valence-corrected chi connectivity index (χ0v) is 8.79. The van der Waals surface area contributed by atoms with Crippen LogP contribution in [0.4, 0.5) is 0 Å². The van der Waals surface area contributed by atoms with E-state index in [-0.39, 0.29) is 0 Å². The van der Waals surface area contributed by atoms with Gasteiger partial charge in [-0.05, 0) is 39.8 Å². The molecule has 0 heterocycles. The van der Waals surface area contributed by atoms with Gasteiger partial charge in [0.15, 0.2) is 0 Å². The van der Waals surface area contributed by atoms with E-state index in [0.717, 1.165) is 0 Å². The highest BCUT2D eigenvalue weighted by Gasteiger charge is 2.01. The molecule has 0 bridgehead atoms. The van der Waals surface area contributed by atoms with Crippen LogP contribution in [0.5, 0.6) is 0 Å². The molecule has 0 aromatic rings. The average molecular weight is 186 g/mol. The smallest absolute Gasteiger partial charge is 0.282 e. The predicted octanol–water partition coefficient (Wildman–Crippen LogP) is 2.80. The van der Waals surface area contributed by atoms with Gasteiger partial charge in [0.2, 0.25) is 0 Å². The first-order valence-corrected chi connectivity index (χ1v) is 4.54. The Morgan fingerprint density at radius 1 is 0.923 bits per heavy atom. The van der Waals surface area contributed by atoms with E-state index in [1.165, 1.54) is 0 Å². The van der Waals surface area contributed by atoms with Crippen LogP contribution in [0.15, 0.2) is 24.0 Å². The van der Waals surface area contributed by atoms with Crippen LogP contribution in [0.25, 0.3) is 0 Å². The van der Waals surface area contributed by atoms with Crippen molar-refractivity contribution in [1.29, 1.82) is 0 Å². The lowest BCUT2D eigenvalue weighted by atomic mass is 10.6. The van der Waals surface area contributed by atoms with E-state index in [4.69, 9.17) is 14.2 Å². The molecule has 3 nitrogen and oxygen atoms in total. The lowest BCUT2D eigenvalue weighted by Crippen LogP contribution is -2.01. The van der Waals surface area contributed by atoms with Gasteiger partial charge in [-0.25, -0.2) is 0 Å². The van der Waals surface area contributed by atoms with Crippen LogP contribution >= 0.6 is 0 Å². The zero-order valence-electron chi connectivity index (χ0n) is 8.79. The van der Waals surface area contributed by atoms with Gasteiger partial charge in [0, 0.05) is 0 Å². The maximum atomic E-state index is 5.31. The van der Waals surface area contributed by atoms with Gasteiger partial charge in [-0.15, -0.1) is 0 Å². The highest BCUT2D eigenvalue weighted by atomic mass is 16.7. The van der Waals surface area contributed by atoms with E-state index >= 15 is 0 Å². The van der Waals surface area contributed by atoms with Crippen LogP contribution in [0.3, 0.4) is 0 Å². The fourth-order valence-corrected chi connectivity index (χ4v) is 0.727. The van der Waals surface area contributed by atoms with E-state index in [1.807, 2.05) is 27.7 Å². The Labute approximate surface area is 80.0 Å². The van der Waals surface area contributed by atoms with Crippen molar-refractivity contribution in [2.45, 2.75) is 27.7 Å². The molecule has 13 heavy (non-hydrogen) atoms. The van der Waals surface area contributed by atoms with Crippen molar-refractivity contribution in [3.8, 4) is 0 Å². The van der Waals surface area contributed by atoms with Crippen molar-refractivity contribution in [2.24, 2.45) is 0 Å². The van der Waals surface area contributed by atoms with Crippen molar-refractivity contribution < 1.29 is 14.2 Å². The van der Waals surface area contributed by atoms with E-state index in [9.17, 15) is 0 Å². The number of ether oxygens (including phenoxy) is 3. The Kier molecular flexibility index (Phi) is 6.88. The molecule has 0 aliphatic carbocycles. The molecule has 0 rings (SSSR count). The van der Waals surface area contributed by atoms with Gasteiger partial charge >= 0.3 is 0 Å². The molecule has 0 aliphatic heterocycles. The molecule has 3 heteroatoms. The van der Waals surface area contributed by atoms with Gasteiger partial charge in [-0.3, -0.25) is 0 Å². The minimum atomic E-state index is 0.476. The molecule has 0 unspecified atom stereocenters. The summed E-state index contributed by atoms with van der Waals surface area (Å²) in [4.78, 5) is 0. The quantitative estimate of drug-likeness (QED) is 0.597. The molecule has 0 aromatic heterocycles. The van der Waals surface area contributed by atoms with Crippen molar-refractivity contribution in [3.05, 3.63) is 24.0 Å². The summed E-state index contributed by atoms with van der Waals surface area (Å²) in [5, 5.41) is 0. The molecule has 0 N–H and O–H groups in total. The van der Waals surface area contributed by atoms with Gasteiger partial charge in [0.25, 0.3) is 11.9 Å². The summed E-state index contributed by atoms with van der Waals surface area (Å²) in [6.07, 6.45) is 3.51. The average Bonchev–Trinajstić information content (AvgIpc) is 2.16. The summed E-state index contributed by atoms with van der Waals surface area (Å²) >= 11 is 0. The summed E-state index contributed by atoms with van der Waals surface area (Å²) in [6.45, 7) is 8.69. The Morgan fingerprint density at radius 3 is 1.54 bits per heavy atom. The summed E-state index contributed by atoms with van der Waals surface area (Å²) in [5.41, 5.74) is 0. The Morgan fingerprint density at radius 2 is 1.31 bits per heavy atom. The van der Waals surface area contributed by atoms with Gasteiger partial charge in [-0.1, -0.05) is 0 Å². The van der Waals surface area contributed by atoms with Crippen molar-refractivity contribution in [1.82, 2.24) is 0 Å². The minimum Gasteiger partial charge on any atom is -0.466 e. The molecule has 0 spiro atoms. The second-order valence-corrected chi connectivity index (χ2v) is 2.18. The predicted molar refractivity (Wildman–Crippen MR) is 51.9 cm³/mol. The molecular weight excluding hydrogens is 168 g/mol. The Hall–Kier alpha value is -1.12. The van der Waals surface area contributed by atoms with Gasteiger partial charge in [0.1, 0.15) is 0 Å². The maximum absolute atomic E-state index is 5.31. The van der Waals surface area contributed by atoms with Crippen LogP contribution in [-0.4, -0.2) is 13.2 Å². The third kappa shape index (κ3) is 5.17. The van der Waals surface area contributed by atoms with Crippen LogP contribution in [-0.2, 0) is 14.2 Å². The first-order chi connectivity index (χ1) is 6.28. The van der Waals surface area contributed by atoms with Crippen LogP contribution < -0.4 is 0 Å². The van der Waals surface area contributed by atoms with E-state index in [0.29, 0.717) is 25.1 Å². The number of hydrogen-bond acceptors (Lipinski definition) is 3.